The summed E-state index contributed by atoms with van der Waals surface area (Å²) in [4.78, 5) is 2.22. The van der Waals surface area contributed by atoms with Gasteiger partial charge in [0.15, 0.2) is 0 Å². The summed E-state index contributed by atoms with van der Waals surface area (Å²) in [5, 5.41) is 7.73. The fourth-order valence-electron chi connectivity index (χ4n) is 4.02. The molecule has 1 N–H and O–H groups in total. The van der Waals surface area contributed by atoms with E-state index in [4.69, 9.17) is 0 Å². The van der Waals surface area contributed by atoms with E-state index in [-0.39, 0.29) is 12.5 Å². The SMILES string of the molecule is FC(F)C[C@@H](c1c2ccccc2cc2ccccc12)N1CCNCC1. The molecule has 0 aliphatic carbocycles. The quantitative estimate of drug-likeness (QED) is 0.699. The van der Waals surface area contributed by atoms with E-state index in [0.29, 0.717) is 0 Å². The van der Waals surface area contributed by atoms with Gasteiger partial charge in [-0.05, 0) is 33.2 Å². The lowest BCUT2D eigenvalue weighted by Gasteiger charge is -2.36. The normalized spacial score (nSPS) is 17.4. The van der Waals surface area contributed by atoms with Gasteiger partial charge in [0.25, 0.3) is 0 Å². The molecule has 1 heterocycles. The second-order valence-electron chi connectivity index (χ2n) is 6.66. The first-order valence-corrected chi connectivity index (χ1v) is 8.87. The first-order valence-electron chi connectivity index (χ1n) is 8.87. The predicted molar refractivity (Wildman–Crippen MR) is 99.3 cm³/mol. The zero-order chi connectivity index (χ0) is 17.2. The van der Waals surface area contributed by atoms with Crippen LogP contribution in [0.25, 0.3) is 21.5 Å². The van der Waals surface area contributed by atoms with Gasteiger partial charge in [-0.3, -0.25) is 4.90 Å². The molecule has 2 nitrogen and oxygen atoms in total. The van der Waals surface area contributed by atoms with E-state index in [1.165, 1.54) is 0 Å². The molecular formula is C21H22F2N2. The number of nitrogens with one attached hydrogen (secondary N) is 1. The second kappa shape index (κ2) is 7.06. The maximum absolute atomic E-state index is 13.5. The molecule has 0 unspecified atom stereocenters. The van der Waals surface area contributed by atoms with Crippen molar-refractivity contribution in [3.63, 3.8) is 0 Å². The number of rotatable bonds is 4. The summed E-state index contributed by atoms with van der Waals surface area (Å²) >= 11 is 0. The number of piperazine rings is 1. The molecule has 4 heteroatoms. The molecule has 1 fully saturated rings. The third-order valence-corrected chi connectivity index (χ3v) is 5.14. The fraction of sp³-hybridized carbons (Fsp3) is 0.333. The summed E-state index contributed by atoms with van der Waals surface area (Å²) in [5.41, 5.74) is 1.05. The van der Waals surface area contributed by atoms with Crippen LogP contribution < -0.4 is 5.32 Å². The Morgan fingerprint density at radius 3 is 2.00 bits per heavy atom. The van der Waals surface area contributed by atoms with E-state index in [1.807, 2.05) is 24.3 Å². The lowest BCUT2D eigenvalue weighted by Crippen LogP contribution is -2.45. The molecular weight excluding hydrogens is 318 g/mol. The molecule has 0 bridgehead atoms. The molecule has 0 aromatic heterocycles. The molecule has 0 radical (unpaired) electrons. The summed E-state index contributed by atoms with van der Waals surface area (Å²) in [6.07, 6.45) is -2.45. The molecule has 3 aromatic carbocycles. The Balaban J connectivity index is 1.95. The highest BCUT2D eigenvalue weighted by atomic mass is 19.3. The fourth-order valence-corrected chi connectivity index (χ4v) is 4.02. The number of fused-ring (bicyclic) bond motifs is 2. The van der Waals surface area contributed by atoms with Crippen molar-refractivity contribution >= 4 is 21.5 Å². The van der Waals surface area contributed by atoms with Gasteiger partial charge in [-0.15, -0.1) is 0 Å². The minimum absolute atomic E-state index is 0.127. The topological polar surface area (TPSA) is 15.3 Å². The zero-order valence-electron chi connectivity index (χ0n) is 14.1. The zero-order valence-corrected chi connectivity index (χ0v) is 14.1. The molecule has 1 saturated heterocycles. The van der Waals surface area contributed by atoms with E-state index < -0.39 is 6.43 Å². The van der Waals surface area contributed by atoms with Crippen molar-refractivity contribution < 1.29 is 8.78 Å². The number of hydrogen-bond acceptors (Lipinski definition) is 2. The standard InChI is InChI=1S/C21H22F2N2/c22-20(23)14-19(25-11-9-24-10-12-25)21-17-7-3-1-5-15(17)13-16-6-2-4-8-18(16)21/h1-8,13,19-20,24H,9-12,14H2/t19-/m0/s1. The van der Waals surface area contributed by atoms with Crippen molar-refractivity contribution in [2.24, 2.45) is 0 Å². The Bertz CT molecular complexity index is 818. The summed E-state index contributed by atoms with van der Waals surface area (Å²) in [6.45, 7) is 3.30. The monoisotopic (exact) mass is 340 g/mol. The van der Waals surface area contributed by atoms with E-state index in [1.54, 1.807) is 0 Å². The van der Waals surface area contributed by atoms with E-state index in [2.05, 4.69) is 40.5 Å². The van der Waals surface area contributed by atoms with Gasteiger partial charge in [0.05, 0.1) is 0 Å². The summed E-state index contributed by atoms with van der Waals surface area (Å²) < 4.78 is 27.0. The Morgan fingerprint density at radius 2 is 1.44 bits per heavy atom. The van der Waals surface area contributed by atoms with Gasteiger partial charge in [-0.2, -0.15) is 0 Å². The van der Waals surface area contributed by atoms with Crippen LogP contribution in [0.3, 0.4) is 0 Å². The number of hydrogen-bond donors (Lipinski definition) is 1. The summed E-state index contributed by atoms with van der Waals surface area (Å²) in [6, 6.07) is 18.2. The maximum Gasteiger partial charge on any atom is 0.240 e. The number of nitrogens with zero attached hydrogens (tertiary/aromatic N) is 1. The predicted octanol–water partition coefficient (Wildman–Crippen LogP) is 4.59. The van der Waals surface area contributed by atoms with Crippen molar-refractivity contribution in [3.8, 4) is 0 Å². The molecule has 1 atom stereocenters. The Morgan fingerprint density at radius 1 is 0.880 bits per heavy atom. The van der Waals surface area contributed by atoms with Crippen molar-refractivity contribution in [2.75, 3.05) is 26.2 Å². The van der Waals surface area contributed by atoms with Crippen molar-refractivity contribution in [1.82, 2.24) is 10.2 Å². The number of alkyl halides is 2. The van der Waals surface area contributed by atoms with Gasteiger partial charge in [0, 0.05) is 38.6 Å². The van der Waals surface area contributed by atoms with Crippen molar-refractivity contribution in [2.45, 2.75) is 18.9 Å². The molecule has 0 spiro atoms. The lowest BCUT2D eigenvalue weighted by molar-refractivity contribution is 0.0750. The van der Waals surface area contributed by atoms with Crippen LogP contribution in [0.1, 0.15) is 18.0 Å². The molecule has 1 aliphatic rings. The van der Waals surface area contributed by atoms with Gasteiger partial charge in [0.1, 0.15) is 0 Å². The van der Waals surface area contributed by atoms with Gasteiger partial charge < -0.3 is 5.32 Å². The van der Waals surface area contributed by atoms with Crippen LogP contribution in [0.4, 0.5) is 8.78 Å². The second-order valence-corrected chi connectivity index (χ2v) is 6.66. The van der Waals surface area contributed by atoms with Gasteiger partial charge in [-0.1, -0.05) is 48.5 Å². The Kier molecular flexibility index (Phi) is 4.64. The first-order chi connectivity index (χ1) is 12.2. The van der Waals surface area contributed by atoms with Crippen LogP contribution in [-0.4, -0.2) is 37.5 Å². The molecule has 25 heavy (non-hydrogen) atoms. The van der Waals surface area contributed by atoms with Gasteiger partial charge in [-0.25, -0.2) is 8.78 Å². The average Bonchev–Trinajstić information content (AvgIpc) is 2.65. The molecule has 3 aromatic rings. The summed E-state index contributed by atoms with van der Waals surface area (Å²) in [7, 11) is 0. The van der Waals surface area contributed by atoms with Crippen LogP contribution in [0.15, 0.2) is 54.6 Å². The number of benzene rings is 3. The Hall–Kier alpha value is -2.04. The van der Waals surface area contributed by atoms with Gasteiger partial charge in [0.2, 0.25) is 6.43 Å². The molecule has 1 aliphatic heterocycles. The highest BCUT2D eigenvalue weighted by Gasteiger charge is 2.28. The van der Waals surface area contributed by atoms with Crippen LogP contribution >= 0.6 is 0 Å². The number of halogens is 2. The first kappa shape index (κ1) is 16.4. The van der Waals surface area contributed by atoms with Crippen LogP contribution in [0.5, 0.6) is 0 Å². The largest absolute Gasteiger partial charge is 0.314 e. The highest BCUT2D eigenvalue weighted by Crippen LogP contribution is 2.38. The van der Waals surface area contributed by atoms with E-state index in [0.717, 1.165) is 53.3 Å². The van der Waals surface area contributed by atoms with Crippen LogP contribution in [0.2, 0.25) is 0 Å². The maximum atomic E-state index is 13.5. The minimum Gasteiger partial charge on any atom is -0.314 e. The molecule has 130 valence electrons. The van der Waals surface area contributed by atoms with Crippen LogP contribution in [-0.2, 0) is 0 Å². The summed E-state index contributed by atoms with van der Waals surface area (Å²) in [5.74, 6) is 0. The third-order valence-electron chi connectivity index (χ3n) is 5.14. The van der Waals surface area contributed by atoms with Gasteiger partial charge >= 0.3 is 0 Å². The highest BCUT2D eigenvalue weighted by molar-refractivity contribution is 6.02. The molecule has 0 saturated carbocycles. The van der Waals surface area contributed by atoms with E-state index >= 15 is 0 Å². The van der Waals surface area contributed by atoms with Crippen molar-refractivity contribution in [1.29, 1.82) is 0 Å². The van der Waals surface area contributed by atoms with Crippen molar-refractivity contribution in [3.05, 3.63) is 60.2 Å². The van der Waals surface area contributed by atoms with Crippen LogP contribution in [0, 0.1) is 0 Å². The third kappa shape index (κ3) is 3.24. The van der Waals surface area contributed by atoms with E-state index in [9.17, 15) is 8.78 Å². The average molecular weight is 340 g/mol. The smallest absolute Gasteiger partial charge is 0.240 e. The molecule has 4 rings (SSSR count). The lowest BCUT2D eigenvalue weighted by atomic mass is 9.90. The minimum atomic E-state index is -2.32. The Labute approximate surface area is 146 Å². The molecule has 0 amide bonds.